The average Bonchev–Trinajstić information content (AvgIpc) is 2.35. The summed E-state index contributed by atoms with van der Waals surface area (Å²) < 4.78 is 4.81. The van der Waals surface area contributed by atoms with Gasteiger partial charge in [-0.25, -0.2) is 0 Å². The van der Waals surface area contributed by atoms with Crippen LogP contribution < -0.4 is 5.32 Å². The third kappa shape index (κ3) is 3.86. The molecule has 0 spiro atoms. The second-order valence-electron chi connectivity index (χ2n) is 4.54. The van der Waals surface area contributed by atoms with Gasteiger partial charge in [-0.2, -0.15) is 0 Å². The molecule has 0 aliphatic heterocycles. The molecule has 1 N–H and O–H groups in total. The number of nitrogens with one attached hydrogen (secondary N) is 1. The third-order valence-corrected chi connectivity index (χ3v) is 2.85. The van der Waals surface area contributed by atoms with Gasteiger partial charge in [0.2, 0.25) is 0 Å². The molecule has 0 aliphatic rings. The van der Waals surface area contributed by atoms with Gasteiger partial charge in [0.25, 0.3) is 0 Å². The topological polar surface area (TPSA) is 38.3 Å². The Hall–Kier alpha value is -1.35. The van der Waals surface area contributed by atoms with E-state index in [0.29, 0.717) is 0 Å². The fraction of sp³-hybridized carbons (Fsp3) is 0.500. The molecule has 1 aromatic carbocycles. The van der Waals surface area contributed by atoms with Gasteiger partial charge >= 0.3 is 5.97 Å². The lowest BCUT2D eigenvalue weighted by Crippen LogP contribution is -2.42. The summed E-state index contributed by atoms with van der Waals surface area (Å²) in [5.41, 5.74) is 1.17. The highest BCUT2D eigenvalue weighted by molar-refractivity contribution is 5.76. The first kappa shape index (κ1) is 13.7. The number of ether oxygens (including phenoxy) is 1. The first-order chi connectivity index (χ1) is 8.06. The Morgan fingerprint density at radius 3 is 2.24 bits per heavy atom. The van der Waals surface area contributed by atoms with Crippen LogP contribution in [0.1, 0.15) is 32.4 Å². The van der Waals surface area contributed by atoms with Crippen LogP contribution in [0.25, 0.3) is 0 Å². The molecule has 0 amide bonds. The van der Waals surface area contributed by atoms with E-state index in [1.165, 1.54) is 12.7 Å². The average molecular weight is 235 g/mol. The maximum Gasteiger partial charge on any atom is 0.323 e. The van der Waals surface area contributed by atoms with Crippen LogP contribution in [0.15, 0.2) is 30.3 Å². The Bertz CT molecular complexity index is 348. The monoisotopic (exact) mass is 235 g/mol. The molecule has 0 unspecified atom stereocenters. The molecular formula is C14H21NO2. The zero-order valence-electron chi connectivity index (χ0n) is 10.9. The Balaban J connectivity index is 2.71. The van der Waals surface area contributed by atoms with Crippen LogP contribution in [-0.4, -0.2) is 19.1 Å². The third-order valence-electron chi connectivity index (χ3n) is 2.85. The number of carbonyl (C=O) groups excluding carboxylic acids is 1. The minimum atomic E-state index is -0.268. The number of carbonyl (C=O) groups is 1. The Labute approximate surface area is 103 Å². The highest BCUT2D eigenvalue weighted by Gasteiger charge is 2.24. The van der Waals surface area contributed by atoms with Crippen LogP contribution in [0.5, 0.6) is 0 Å². The van der Waals surface area contributed by atoms with E-state index >= 15 is 0 Å². The lowest BCUT2D eigenvalue weighted by molar-refractivity contribution is -0.144. The van der Waals surface area contributed by atoms with Gasteiger partial charge in [-0.05, 0) is 18.4 Å². The van der Waals surface area contributed by atoms with E-state index in [-0.39, 0.29) is 24.0 Å². The van der Waals surface area contributed by atoms with Crippen molar-refractivity contribution in [3.05, 3.63) is 35.9 Å². The van der Waals surface area contributed by atoms with E-state index in [1.54, 1.807) is 0 Å². The van der Waals surface area contributed by atoms with Crippen molar-refractivity contribution in [3.63, 3.8) is 0 Å². The van der Waals surface area contributed by atoms with Gasteiger partial charge in [0.15, 0.2) is 0 Å². The molecule has 0 aliphatic carbocycles. The second-order valence-corrected chi connectivity index (χ2v) is 4.54. The fourth-order valence-corrected chi connectivity index (χ4v) is 1.77. The molecular weight excluding hydrogens is 214 g/mol. The van der Waals surface area contributed by atoms with E-state index in [1.807, 2.05) is 51.1 Å². The van der Waals surface area contributed by atoms with Gasteiger partial charge in [0, 0.05) is 6.04 Å². The lowest BCUT2D eigenvalue weighted by atomic mass is 10.0. The maximum absolute atomic E-state index is 11.6. The smallest absolute Gasteiger partial charge is 0.323 e. The van der Waals surface area contributed by atoms with Crippen molar-refractivity contribution < 1.29 is 9.53 Å². The predicted molar refractivity (Wildman–Crippen MR) is 68.6 cm³/mol. The summed E-state index contributed by atoms with van der Waals surface area (Å²) in [5, 5.41) is 3.31. The number of esters is 1. The Kier molecular flexibility index (Phi) is 5.16. The molecule has 17 heavy (non-hydrogen) atoms. The molecule has 0 bridgehead atoms. The largest absolute Gasteiger partial charge is 0.468 e. The SMILES string of the molecule is COC(=O)[C@@H](N[C@@H](C)c1ccccc1)C(C)C. The molecule has 0 saturated heterocycles. The van der Waals surface area contributed by atoms with E-state index in [9.17, 15) is 4.79 Å². The molecule has 1 aromatic rings. The zero-order chi connectivity index (χ0) is 12.8. The van der Waals surface area contributed by atoms with Gasteiger partial charge < -0.3 is 4.74 Å². The minimum absolute atomic E-state index is 0.127. The second kappa shape index (κ2) is 6.40. The minimum Gasteiger partial charge on any atom is -0.468 e. The predicted octanol–water partition coefficient (Wildman–Crippen LogP) is 2.53. The first-order valence-corrected chi connectivity index (χ1v) is 5.95. The standard InChI is InChI=1S/C14H21NO2/c1-10(2)13(14(16)17-4)15-11(3)12-8-6-5-7-9-12/h5-11,13,15H,1-4H3/t11-,13-/m0/s1. The van der Waals surface area contributed by atoms with Crippen molar-refractivity contribution >= 4 is 5.97 Å². The fourth-order valence-electron chi connectivity index (χ4n) is 1.77. The molecule has 2 atom stereocenters. The number of benzene rings is 1. The van der Waals surface area contributed by atoms with E-state index in [0.717, 1.165) is 0 Å². The van der Waals surface area contributed by atoms with Crippen LogP contribution in [0.4, 0.5) is 0 Å². The quantitative estimate of drug-likeness (QED) is 0.797. The number of hydrogen-bond donors (Lipinski definition) is 1. The summed E-state index contributed by atoms with van der Waals surface area (Å²) in [6.07, 6.45) is 0. The molecule has 0 saturated carbocycles. The number of rotatable bonds is 5. The Morgan fingerprint density at radius 2 is 1.76 bits per heavy atom. The van der Waals surface area contributed by atoms with E-state index < -0.39 is 0 Å². The molecule has 0 heterocycles. The van der Waals surface area contributed by atoms with Gasteiger partial charge in [0.05, 0.1) is 7.11 Å². The van der Waals surface area contributed by atoms with Crippen molar-refractivity contribution in [1.82, 2.24) is 5.32 Å². The van der Waals surface area contributed by atoms with E-state index in [4.69, 9.17) is 4.74 Å². The zero-order valence-corrected chi connectivity index (χ0v) is 10.9. The lowest BCUT2D eigenvalue weighted by Gasteiger charge is -2.24. The number of methoxy groups -OCH3 is 1. The molecule has 3 nitrogen and oxygen atoms in total. The Morgan fingerprint density at radius 1 is 1.18 bits per heavy atom. The van der Waals surface area contributed by atoms with Crippen LogP contribution >= 0.6 is 0 Å². The van der Waals surface area contributed by atoms with Crippen LogP contribution in [-0.2, 0) is 9.53 Å². The van der Waals surface area contributed by atoms with Crippen molar-refractivity contribution in [1.29, 1.82) is 0 Å². The van der Waals surface area contributed by atoms with Crippen molar-refractivity contribution in [3.8, 4) is 0 Å². The van der Waals surface area contributed by atoms with Gasteiger partial charge in [0.1, 0.15) is 6.04 Å². The summed E-state index contributed by atoms with van der Waals surface area (Å²) in [6, 6.07) is 9.93. The van der Waals surface area contributed by atoms with Gasteiger partial charge in [-0.3, -0.25) is 10.1 Å². The van der Waals surface area contributed by atoms with Crippen molar-refractivity contribution in [2.75, 3.05) is 7.11 Å². The summed E-state index contributed by atoms with van der Waals surface area (Å²) in [4.78, 5) is 11.6. The molecule has 3 heteroatoms. The molecule has 94 valence electrons. The van der Waals surface area contributed by atoms with Crippen LogP contribution in [0.2, 0.25) is 0 Å². The van der Waals surface area contributed by atoms with E-state index in [2.05, 4.69) is 5.32 Å². The van der Waals surface area contributed by atoms with Gasteiger partial charge in [-0.1, -0.05) is 44.2 Å². The number of hydrogen-bond acceptors (Lipinski definition) is 3. The molecule has 1 rings (SSSR count). The summed E-state index contributed by atoms with van der Waals surface area (Å²) in [6.45, 7) is 6.06. The molecule has 0 aromatic heterocycles. The summed E-state index contributed by atoms with van der Waals surface area (Å²) >= 11 is 0. The van der Waals surface area contributed by atoms with Crippen LogP contribution in [0, 0.1) is 5.92 Å². The van der Waals surface area contributed by atoms with Gasteiger partial charge in [-0.15, -0.1) is 0 Å². The normalized spacial score (nSPS) is 14.4. The molecule has 0 radical (unpaired) electrons. The first-order valence-electron chi connectivity index (χ1n) is 5.95. The summed E-state index contributed by atoms with van der Waals surface area (Å²) in [5.74, 6) is -0.00334. The highest BCUT2D eigenvalue weighted by atomic mass is 16.5. The summed E-state index contributed by atoms with van der Waals surface area (Å²) in [7, 11) is 1.42. The van der Waals surface area contributed by atoms with Crippen molar-refractivity contribution in [2.24, 2.45) is 5.92 Å². The molecule has 0 fully saturated rings. The maximum atomic E-state index is 11.6. The van der Waals surface area contributed by atoms with Crippen molar-refractivity contribution in [2.45, 2.75) is 32.9 Å². The highest BCUT2D eigenvalue weighted by Crippen LogP contribution is 2.15. The van der Waals surface area contributed by atoms with Crippen LogP contribution in [0.3, 0.4) is 0 Å².